The summed E-state index contributed by atoms with van der Waals surface area (Å²) in [5, 5.41) is 12.8. The Morgan fingerprint density at radius 1 is 1.60 bits per heavy atom. The molecule has 1 aliphatic heterocycles. The normalized spacial score (nSPS) is 37.5. The average Bonchev–Trinajstić information content (AvgIpc) is 1.90. The van der Waals surface area contributed by atoms with Gasteiger partial charge in [-0.1, -0.05) is 0 Å². The Balaban J connectivity index is 2.46. The number of nitrogens with zero attached hydrogens (tertiary/aromatic N) is 1. The lowest BCUT2D eigenvalue weighted by molar-refractivity contribution is 0.0410. The molecule has 1 saturated heterocycles. The van der Waals surface area contributed by atoms with Crippen LogP contribution in [0.25, 0.3) is 0 Å². The number of aliphatic hydroxyl groups is 1. The second-order valence-electron chi connectivity index (χ2n) is 3.41. The number of likely N-dealkylation sites (N-methyl/N-ethyl adjacent to an activating group) is 1. The number of hydrogen-bond acceptors (Lipinski definition) is 3. The Labute approximate surface area is 62.0 Å². The summed E-state index contributed by atoms with van der Waals surface area (Å²) in [5.74, 6) is 0. The predicted molar refractivity (Wildman–Crippen MR) is 41.0 cm³/mol. The monoisotopic (exact) mass is 144 g/mol. The largest absolute Gasteiger partial charge is 0.388 e. The lowest BCUT2D eigenvalue weighted by Crippen LogP contribution is -2.42. The van der Waals surface area contributed by atoms with E-state index in [9.17, 15) is 5.11 Å². The fourth-order valence-electron chi connectivity index (χ4n) is 1.34. The minimum atomic E-state index is -0.550. The second-order valence-corrected chi connectivity index (χ2v) is 3.41. The van der Waals surface area contributed by atoms with Gasteiger partial charge in [0.2, 0.25) is 0 Å². The highest BCUT2D eigenvalue weighted by Crippen LogP contribution is 2.05. The van der Waals surface area contributed by atoms with Crippen LogP contribution in [-0.4, -0.2) is 48.8 Å². The van der Waals surface area contributed by atoms with Gasteiger partial charge in [0, 0.05) is 26.2 Å². The Hall–Kier alpha value is -0.120. The second kappa shape index (κ2) is 2.86. The summed E-state index contributed by atoms with van der Waals surface area (Å²) in [6.07, 6.45) is 0. The highest BCUT2D eigenvalue weighted by atomic mass is 16.3. The van der Waals surface area contributed by atoms with Crippen LogP contribution in [0.15, 0.2) is 0 Å². The minimum absolute atomic E-state index is 0.550. The fraction of sp³-hybridized carbons (Fsp3) is 1.00. The maximum absolute atomic E-state index is 9.62. The maximum atomic E-state index is 9.62. The van der Waals surface area contributed by atoms with Gasteiger partial charge in [0.1, 0.15) is 0 Å². The lowest BCUT2D eigenvalue weighted by Gasteiger charge is -2.24. The van der Waals surface area contributed by atoms with E-state index in [-0.39, 0.29) is 0 Å². The van der Waals surface area contributed by atoms with Crippen LogP contribution in [0.1, 0.15) is 6.92 Å². The molecule has 60 valence electrons. The highest BCUT2D eigenvalue weighted by molar-refractivity contribution is 4.81. The molecule has 1 rings (SSSR count). The van der Waals surface area contributed by atoms with Crippen molar-refractivity contribution < 1.29 is 5.11 Å². The molecular weight excluding hydrogens is 128 g/mol. The molecule has 1 aliphatic rings. The van der Waals surface area contributed by atoms with Crippen LogP contribution in [-0.2, 0) is 0 Å². The molecule has 0 saturated carbocycles. The van der Waals surface area contributed by atoms with Gasteiger partial charge in [0.25, 0.3) is 0 Å². The summed E-state index contributed by atoms with van der Waals surface area (Å²) in [6.45, 7) is 5.34. The quantitative estimate of drug-likeness (QED) is 0.470. The third-order valence-electron chi connectivity index (χ3n) is 1.79. The van der Waals surface area contributed by atoms with Gasteiger partial charge in [-0.25, -0.2) is 0 Å². The van der Waals surface area contributed by atoms with Gasteiger partial charge >= 0.3 is 0 Å². The van der Waals surface area contributed by atoms with E-state index in [1.807, 2.05) is 14.0 Å². The first-order valence-corrected chi connectivity index (χ1v) is 3.72. The zero-order chi connectivity index (χ0) is 7.61. The minimum Gasteiger partial charge on any atom is -0.388 e. The predicted octanol–water partition coefficient (Wildman–Crippen LogP) is -0.728. The van der Waals surface area contributed by atoms with Crippen LogP contribution in [0.5, 0.6) is 0 Å². The highest BCUT2D eigenvalue weighted by Gasteiger charge is 2.23. The number of β-amino-alcohol motifs (C(OH)–C–C–N with tert-alkyl or cyclic N) is 1. The lowest BCUT2D eigenvalue weighted by atomic mass is 10.1. The molecule has 0 bridgehead atoms. The van der Waals surface area contributed by atoms with Gasteiger partial charge in [-0.05, 0) is 14.0 Å². The third kappa shape index (κ3) is 2.25. The first kappa shape index (κ1) is 7.98. The summed E-state index contributed by atoms with van der Waals surface area (Å²) in [7, 11) is 2.03. The maximum Gasteiger partial charge on any atom is 0.0869 e. The van der Waals surface area contributed by atoms with Crippen molar-refractivity contribution >= 4 is 0 Å². The molecule has 3 heteroatoms. The molecule has 0 unspecified atom stereocenters. The van der Waals surface area contributed by atoms with Crippen LogP contribution in [0.4, 0.5) is 0 Å². The van der Waals surface area contributed by atoms with E-state index in [2.05, 4.69) is 10.2 Å². The van der Waals surface area contributed by atoms with Crippen LogP contribution in [0, 0.1) is 0 Å². The van der Waals surface area contributed by atoms with Gasteiger partial charge in [-0.15, -0.1) is 0 Å². The molecule has 0 aromatic rings. The third-order valence-corrected chi connectivity index (χ3v) is 1.79. The van der Waals surface area contributed by atoms with Crippen molar-refractivity contribution in [2.45, 2.75) is 12.5 Å². The zero-order valence-electron chi connectivity index (χ0n) is 6.72. The number of hydrogen-bond donors (Lipinski definition) is 2. The molecule has 1 fully saturated rings. The smallest absolute Gasteiger partial charge is 0.0869 e. The van der Waals surface area contributed by atoms with Crippen LogP contribution < -0.4 is 5.32 Å². The molecule has 0 radical (unpaired) electrons. The van der Waals surface area contributed by atoms with Crippen LogP contribution in [0.2, 0.25) is 0 Å². The molecule has 0 aromatic heterocycles. The topological polar surface area (TPSA) is 35.5 Å². The van der Waals surface area contributed by atoms with E-state index in [0.29, 0.717) is 6.54 Å². The standard InChI is InChI=1S/C7H16N2O/c1-7(10)5-8-3-4-9(2)6-7/h8,10H,3-6H2,1-2H3/t7-/m0/s1. The molecular formula is C7H16N2O. The van der Waals surface area contributed by atoms with Crippen molar-refractivity contribution in [3.05, 3.63) is 0 Å². The Morgan fingerprint density at radius 3 is 3.00 bits per heavy atom. The van der Waals surface area contributed by atoms with Crippen molar-refractivity contribution in [2.75, 3.05) is 33.2 Å². The van der Waals surface area contributed by atoms with Crippen molar-refractivity contribution in [3.8, 4) is 0 Å². The van der Waals surface area contributed by atoms with Gasteiger partial charge in [-0.2, -0.15) is 0 Å². The summed E-state index contributed by atoms with van der Waals surface area (Å²) >= 11 is 0. The van der Waals surface area contributed by atoms with E-state index in [0.717, 1.165) is 19.6 Å². The van der Waals surface area contributed by atoms with Crippen molar-refractivity contribution in [1.82, 2.24) is 10.2 Å². The van der Waals surface area contributed by atoms with E-state index in [1.165, 1.54) is 0 Å². The Bertz CT molecular complexity index is 114. The Kier molecular flexibility index (Phi) is 2.28. The fourth-order valence-corrected chi connectivity index (χ4v) is 1.34. The Morgan fingerprint density at radius 2 is 2.30 bits per heavy atom. The van der Waals surface area contributed by atoms with Crippen molar-refractivity contribution in [1.29, 1.82) is 0 Å². The first-order chi connectivity index (χ1) is 4.60. The molecule has 0 aliphatic carbocycles. The summed E-state index contributed by atoms with van der Waals surface area (Å²) < 4.78 is 0. The van der Waals surface area contributed by atoms with Crippen LogP contribution >= 0.6 is 0 Å². The van der Waals surface area contributed by atoms with Crippen molar-refractivity contribution in [3.63, 3.8) is 0 Å². The van der Waals surface area contributed by atoms with Gasteiger partial charge in [0.05, 0.1) is 5.60 Å². The summed E-state index contributed by atoms with van der Waals surface area (Å²) in [4.78, 5) is 2.14. The molecule has 10 heavy (non-hydrogen) atoms. The summed E-state index contributed by atoms with van der Waals surface area (Å²) in [6, 6.07) is 0. The van der Waals surface area contributed by atoms with Crippen molar-refractivity contribution in [2.24, 2.45) is 0 Å². The SMILES string of the molecule is CN1CCNC[C@](C)(O)C1. The summed E-state index contributed by atoms with van der Waals surface area (Å²) in [5.41, 5.74) is -0.550. The number of nitrogens with one attached hydrogen (secondary N) is 1. The zero-order valence-corrected chi connectivity index (χ0v) is 6.72. The molecule has 1 atom stereocenters. The molecule has 3 nitrogen and oxygen atoms in total. The van der Waals surface area contributed by atoms with Crippen LogP contribution in [0.3, 0.4) is 0 Å². The van der Waals surface area contributed by atoms with Gasteiger partial charge in [-0.3, -0.25) is 0 Å². The van der Waals surface area contributed by atoms with E-state index < -0.39 is 5.60 Å². The molecule has 0 aromatic carbocycles. The van der Waals surface area contributed by atoms with E-state index in [1.54, 1.807) is 0 Å². The van der Waals surface area contributed by atoms with E-state index >= 15 is 0 Å². The van der Waals surface area contributed by atoms with Gasteiger partial charge in [0.15, 0.2) is 0 Å². The molecule has 0 amide bonds. The molecule has 0 spiro atoms. The molecule has 2 N–H and O–H groups in total. The van der Waals surface area contributed by atoms with Gasteiger partial charge < -0.3 is 15.3 Å². The number of rotatable bonds is 0. The van der Waals surface area contributed by atoms with E-state index in [4.69, 9.17) is 0 Å². The molecule has 1 heterocycles. The first-order valence-electron chi connectivity index (χ1n) is 3.72. The average molecular weight is 144 g/mol.